The summed E-state index contributed by atoms with van der Waals surface area (Å²) in [5.41, 5.74) is 13.5. The van der Waals surface area contributed by atoms with Crippen molar-refractivity contribution in [1.29, 1.82) is 0 Å². The molecule has 0 aliphatic carbocycles. The molecule has 0 unspecified atom stereocenters. The molecule has 1 saturated heterocycles. The van der Waals surface area contributed by atoms with E-state index in [0.29, 0.717) is 17.9 Å². The number of benzene rings is 1. The van der Waals surface area contributed by atoms with E-state index in [4.69, 9.17) is 11.5 Å². The fourth-order valence-electron chi connectivity index (χ4n) is 1.74. The topological polar surface area (TPSA) is 75.6 Å². The van der Waals surface area contributed by atoms with Crippen LogP contribution in [0.2, 0.25) is 0 Å². The number of amides is 1. The third-order valence-corrected chi connectivity index (χ3v) is 2.89. The Morgan fingerprint density at radius 3 is 2.56 bits per heavy atom. The van der Waals surface area contributed by atoms with E-state index in [1.807, 2.05) is 24.1 Å². The number of hydrogen-bond donors (Lipinski definition) is 2. The second-order valence-electron chi connectivity index (χ2n) is 4.05. The molecule has 0 bridgehead atoms. The zero-order chi connectivity index (χ0) is 11.7. The quantitative estimate of drug-likeness (QED) is 0.660. The number of nitrogens with zero attached hydrogens (tertiary/aromatic N) is 2. The van der Waals surface area contributed by atoms with Crippen LogP contribution in [0.15, 0.2) is 18.2 Å². The SMILES string of the molecule is CN1CCN(c2ccc(N)c(N)c2)CC1=O. The second kappa shape index (κ2) is 3.92. The van der Waals surface area contributed by atoms with Crippen molar-refractivity contribution in [1.82, 2.24) is 4.90 Å². The summed E-state index contributed by atoms with van der Waals surface area (Å²) < 4.78 is 0. The molecule has 0 aromatic heterocycles. The van der Waals surface area contributed by atoms with Gasteiger partial charge in [0, 0.05) is 25.8 Å². The first-order chi connectivity index (χ1) is 7.58. The maximum absolute atomic E-state index is 11.6. The summed E-state index contributed by atoms with van der Waals surface area (Å²) in [7, 11) is 1.82. The van der Waals surface area contributed by atoms with Crippen LogP contribution in [0.1, 0.15) is 0 Å². The molecule has 1 heterocycles. The van der Waals surface area contributed by atoms with Gasteiger partial charge in [0.25, 0.3) is 0 Å². The first-order valence-electron chi connectivity index (χ1n) is 5.22. The van der Waals surface area contributed by atoms with Gasteiger partial charge < -0.3 is 21.3 Å². The lowest BCUT2D eigenvalue weighted by Gasteiger charge is -2.33. The molecule has 16 heavy (non-hydrogen) atoms. The van der Waals surface area contributed by atoms with Crippen LogP contribution in [-0.2, 0) is 4.79 Å². The molecule has 1 aliphatic rings. The van der Waals surface area contributed by atoms with E-state index < -0.39 is 0 Å². The zero-order valence-electron chi connectivity index (χ0n) is 9.31. The van der Waals surface area contributed by atoms with Crippen molar-refractivity contribution in [3.63, 3.8) is 0 Å². The molecule has 1 aliphatic heterocycles. The maximum atomic E-state index is 11.6. The number of nitrogen functional groups attached to an aromatic ring is 2. The van der Waals surface area contributed by atoms with Crippen molar-refractivity contribution in [2.75, 3.05) is 43.0 Å². The third-order valence-electron chi connectivity index (χ3n) is 2.89. The molecule has 2 rings (SSSR count). The highest BCUT2D eigenvalue weighted by atomic mass is 16.2. The molecule has 1 fully saturated rings. The van der Waals surface area contributed by atoms with Crippen LogP contribution in [-0.4, -0.2) is 37.5 Å². The number of anilines is 3. The number of hydrogen-bond acceptors (Lipinski definition) is 4. The second-order valence-corrected chi connectivity index (χ2v) is 4.05. The Morgan fingerprint density at radius 1 is 1.19 bits per heavy atom. The van der Waals surface area contributed by atoms with Crippen molar-refractivity contribution >= 4 is 23.0 Å². The largest absolute Gasteiger partial charge is 0.397 e. The molecule has 0 radical (unpaired) electrons. The van der Waals surface area contributed by atoms with Gasteiger partial charge in [-0.2, -0.15) is 0 Å². The van der Waals surface area contributed by atoms with Gasteiger partial charge in [0.05, 0.1) is 17.9 Å². The van der Waals surface area contributed by atoms with Gasteiger partial charge in [-0.1, -0.05) is 0 Å². The predicted molar refractivity (Wildman–Crippen MR) is 65.1 cm³/mol. The molecule has 5 nitrogen and oxygen atoms in total. The summed E-state index contributed by atoms with van der Waals surface area (Å²) in [6.45, 7) is 1.97. The van der Waals surface area contributed by atoms with E-state index in [1.165, 1.54) is 0 Å². The van der Waals surface area contributed by atoms with Gasteiger partial charge in [0.15, 0.2) is 0 Å². The van der Waals surface area contributed by atoms with Crippen LogP contribution >= 0.6 is 0 Å². The standard InChI is InChI=1S/C11H16N4O/c1-14-4-5-15(7-11(14)16)8-2-3-9(12)10(13)6-8/h2-3,6H,4-5,7,12-13H2,1H3. The average molecular weight is 220 g/mol. The lowest BCUT2D eigenvalue weighted by atomic mass is 10.2. The summed E-state index contributed by atoms with van der Waals surface area (Å²) >= 11 is 0. The number of nitrogens with two attached hydrogens (primary N) is 2. The first-order valence-corrected chi connectivity index (χ1v) is 5.22. The van der Waals surface area contributed by atoms with Gasteiger partial charge in [0.2, 0.25) is 5.91 Å². The minimum atomic E-state index is 0.127. The predicted octanol–water partition coefficient (Wildman–Crippen LogP) is 0.129. The van der Waals surface area contributed by atoms with Gasteiger partial charge in [0.1, 0.15) is 0 Å². The van der Waals surface area contributed by atoms with E-state index in [0.717, 1.165) is 18.8 Å². The molecule has 4 N–H and O–H groups in total. The van der Waals surface area contributed by atoms with Crippen molar-refractivity contribution in [3.8, 4) is 0 Å². The van der Waals surface area contributed by atoms with E-state index >= 15 is 0 Å². The van der Waals surface area contributed by atoms with Gasteiger partial charge in [-0.3, -0.25) is 4.79 Å². The normalized spacial score (nSPS) is 16.7. The van der Waals surface area contributed by atoms with Crippen molar-refractivity contribution in [2.45, 2.75) is 0 Å². The lowest BCUT2D eigenvalue weighted by molar-refractivity contribution is -0.129. The number of carbonyl (C=O) groups excluding carboxylic acids is 1. The van der Waals surface area contributed by atoms with Crippen LogP contribution in [0.5, 0.6) is 0 Å². The zero-order valence-corrected chi connectivity index (χ0v) is 9.31. The minimum absolute atomic E-state index is 0.127. The summed E-state index contributed by atoms with van der Waals surface area (Å²) in [5.74, 6) is 0.127. The Bertz CT molecular complexity index is 418. The summed E-state index contributed by atoms with van der Waals surface area (Å²) in [5, 5.41) is 0. The fraction of sp³-hybridized carbons (Fsp3) is 0.364. The van der Waals surface area contributed by atoms with Crippen molar-refractivity contribution < 1.29 is 4.79 Å². The fourth-order valence-corrected chi connectivity index (χ4v) is 1.74. The molecular formula is C11H16N4O. The Balaban J connectivity index is 2.18. The van der Waals surface area contributed by atoms with E-state index in [-0.39, 0.29) is 5.91 Å². The van der Waals surface area contributed by atoms with E-state index in [2.05, 4.69) is 0 Å². The Hall–Kier alpha value is -1.91. The smallest absolute Gasteiger partial charge is 0.241 e. The molecule has 1 aromatic carbocycles. The van der Waals surface area contributed by atoms with E-state index in [1.54, 1.807) is 11.0 Å². The van der Waals surface area contributed by atoms with E-state index in [9.17, 15) is 4.79 Å². The van der Waals surface area contributed by atoms with Crippen LogP contribution < -0.4 is 16.4 Å². The molecule has 0 atom stereocenters. The molecule has 0 spiro atoms. The Labute approximate surface area is 94.6 Å². The van der Waals surface area contributed by atoms with Gasteiger partial charge >= 0.3 is 0 Å². The number of carbonyl (C=O) groups is 1. The average Bonchev–Trinajstić information content (AvgIpc) is 2.26. The minimum Gasteiger partial charge on any atom is -0.397 e. The number of rotatable bonds is 1. The highest BCUT2D eigenvalue weighted by Gasteiger charge is 2.21. The first kappa shape index (κ1) is 10.6. The number of likely N-dealkylation sites (N-methyl/N-ethyl adjacent to an activating group) is 1. The highest BCUT2D eigenvalue weighted by molar-refractivity contribution is 5.83. The van der Waals surface area contributed by atoms with Crippen molar-refractivity contribution in [2.24, 2.45) is 0 Å². The van der Waals surface area contributed by atoms with Gasteiger partial charge in [-0.25, -0.2) is 0 Å². The number of piperazine rings is 1. The Morgan fingerprint density at radius 2 is 1.94 bits per heavy atom. The van der Waals surface area contributed by atoms with Crippen LogP contribution in [0.4, 0.5) is 17.1 Å². The summed E-state index contributed by atoms with van der Waals surface area (Å²) in [6.07, 6.45) is 0. The summed E-state index contributed by atoms with van der Waals surface area (Å²) in [6, 6.07) is 5.48. The van der Waals surface area contributed by atoms with Crippen LogP contribution in [0.3, 0.4) is 0 Å². The maximum Gasteiger partial charge on any atom is 0.241 e. The van der Waals surface area contributed by atoms with Crippen LogP contribution in [0.25, 0.3) is 0 Å². The molecule has 1 amide bonds. The highest BCUT2D eigenvalue weighted by Crippen LogP contribution is 2.23. The van der Waals surface area contributed by atoms with Gasteiger partial charge in [-0.05, 0) is 18.2 Å². The molecular weight excluding hydrogens is 204 g/mol. The molecule has 0 saturated carbocycles. The van der Waals surface area contributed by atoms with Crippen LogP contribution in [0, 0.1) is 0 Å². The summed E-state index contributed by atoms with van der Waals surface area (Å²) in [4.78, 5) is 15.3. The molecule has 5 heteroatoms. The van der Waals surface area contributed by atoms with Crippen molar-refractivity contribution in [3.05, 3.63) is 18.2 Å². The van der Waals surface area contributed by atoms with Gasteiger partial charge in [-0.15, -0.1) is 0 Å². The lowest BCUT2D eigenvalue weighted by Crippen LogP contribution is -2.48. The monoisotopic (exact) mass is 220 g/mol. The third kappa shape index (κ3) is 1.88. The Kier molecular flexibility index (Phi) is 2.60. The molecule has 86 valence electrons. The molecule has 1 aromatic rings.